The molecule has 0 saturated carbocycles. The molecule has 2 N–H and O–H groups in total. The van der Waals surface area contributed by atoms with Gasteiger partial charge in [-0.1, -0.05) is 44.5 Å². The molecule has 0 heterocycles. The molecule has 0 amide bonds. The Morgan fingerprint density at radius 1 is 1.25 bits per heavy atom. The molecule has 1 atom stereocenters. The van der Waals surface area contributed by atoms with Crippen molar-refractivity contribution in [2.45, 2.75) is 58.4 Å². The van der Waals surface area contributed by atoms with E-state index in [2.05, 4.69) is 43.4 Å². The SMILES string of the molecule is CC(C)(CCCO)CNC1CCCCc2ccccc21. The van der Waals surface area contributed by atoms with E-state index in [1.807, 2.05) is 0 Å². The minimum atomic E-state index is 0.254. The standard InChI is InChI=1S/C18H29NO/c1-18(2,12-7-13-20)14-19-17-11-6-4-9-15-8-3-5-10-16(15)17/h3,5,8,10,17,19-20H,4,6-7,9,11-14H2,1-2H3. The summed E-state index contributed by atoms with van der Waals surface area (Å²) in [6.07, 6.45) is 7.06. The molecule has 2 rings (SSSR count). The number of aliphatic hydroxyl groups is 1. The summed E-state index contributed by atoms with van der Waals surface area (Å²) in [7, 11) is 0. The topological polar surface area (TPSA) is 32.3 Å². The molecule has 2 nitrogen and oxygen atoms in total. The molecule has 20 heavy (non-hydrogen) atoms. The summed E-state index contributed by atoms with van der Waals surface area (Å²) in [6, 6.07) is 9.40. The van der Waals surface area contributed by atoms with Crippen molar-refractivity contribution >= 4 is 0 Å². The van der Waals surface area contributed by atoms with Gasteiger partial charge in [0.2, 0.25) is 0 Å². The summed E-state index contributed by atoms with van der Waals surface area (Å²) < 4.78 is 0. The average Bonchev–Trinajstić information content (AvgIpc) is 2.65. The molecule has 0 saturated heterocycles. The highest BCUT2D eigenvalue weighted by atomic mass is 16.2. The van der Waals surface area contributed by atoms with Gasteiger partial charge in [0.1, 0.15) is 0 Å². The van der Waals surface area contributed by atoms with E-state index in [9.17, 15) is 0 Å². The predicted octanol–water partition coefficient (Wildman–Crippen LogP) is 3.84. The van der Waals surface area contributed by atoms with Gasteiger partial charge in [0.15, 0.2) is 0 Å². The molecule has 0 bridgehead atoms. The second-order valence-electron chi connectivity index (χ2n) is 6.87. The lowest BCUT2D eigenvalue weighted by atomic mass is 9.87. The molecule has 1 aliphatic carbocycles. The molecular formula is C18H29NO. The lowest BCUT2D eigenvalue weighted by molar-refractivity contribution is 0.230. The fourth-order valence-electron chi connectivity index (χ4n) is 3.18. The lowest BCUT2D eigenvalue weighted by Crippen LogP contribution is -2.32. The van der Waals surface area contributed by atoms with E-state index in [0.717, 1.165) is 19.4 Å². The number of hydrogen-bond donors (Lipinski definition) is 2. The number of rotatable bonds is 6. The first kappa shape index (κ1) is 15.5. The van der Waals surface area contributed by atoms with Crippen LogP contribution in [0.4, 0.5) is 0 Å². The van der Waals surface area contributed by atoms with E-state index < -0.39 is 0 Å². The molecule has 0 radical (unpaired) electrons. The Morgan fingerprint density at radius 2 is 2.05 bits per heavy atom. The third-order valence-electron chi connectivity index (χ3n) is 4.46. The summed E-state index contributed by atoms with van der Waals surface area (Å²) in [5.74, 6) is 0. The first-order valence-electron chi connectivity index (χ1n) is 8.04. The van der Waals surface area contributed by atoms with Crippen molar-refractivity contribution in [2.24, 2.45) is 5.41 Å². The molecule has 0 fully saturated rings. The molecule has 0 spiro atoms. The maximum absolute atomic E-state index is 8.99. The maximum Gasteiger partial charge on any atom is 0.0431 e. The predicted molar refractivity (Wildman–Crippen MR) is 84.8 cm³/mol. The number of benzene rings is 1. The lowest BCUT2D eigenvalue weighted by Gasteiger charge is -2.29. The Labute approximate surface area is 123 Å². The Balaban J connectivity index is 1.99. The second-order valence-corrected chi connectivity index (χ2v) is 6.87. The Bertz CT molecular complexity index is 414. The van der Waals surface area contributed by atoms with E-state index in [1.165, 1.54) is 36.8 Å². The highest BCUT2D eigenvalue weighted by Crippen LogP contribution is 2.30. The second kappa shape index (κ2) is 7.24. The van der Waals surface area contributed by atoms with Crippen LogP contribution in [0.15, 0.2) is 24.3 Å². The molecule has 1 aliphatic rings. The zero-order chi connectivity index (χ0) is 14.4. The van der Waals surface area contributed by atoms with Crippen LogP contribution in [-0.2, 0) is 6.42 Å². The molecule has 1 aromatic rings. The summed E-state index contributed by atoms with van der Waals surface area (Å²) >= 11 is 0. The Kier molecular flexibility index (Phi) is 5.62. The Hall–Kier alpha value is -0.860. The number of hydrogen-bond acceptors (Lipinski definition) is 2. The monoisotopic (exact) mass is 275 g/mol. The van der Waals surface area contributed by atoms with Crippen LogP contribution in [0.2, 0.25) is 0 Å². The third-order valence-corrected chi connectivity index (χ3v) is 4.46. The fraction of sp³-hybridized carbons (Fsp3) is 0.667. The van der Waals surface area contributed by atoms with Gasteiger partial charge in [-0.05, 0) is 48.6 Å². The molecule has 0 aliphatic heterocycles. The first-order valence-corrected chi connectivity index (χ1v) is 8.04. The zero-order valence-electron chi connectivity index (χ0n) is 13.0. The largest absolute Gasteiger partial charge is 0.396 e. The number of nitrogens with one attached hydrogen (secondary N) is 1. The summed E-state index contributed by atoms with van der Waals surface area (Å²) in [4.78, 5) is 0. The average molecular weight is 275 g/mol. The van der Waals surface area contributed by atoms with Crippen molar-refractivity contribution in [1.29, 1.82) is 0 Å². The number of aryl methyl sites for hydroxylation is 1. The van der Waals surface area contributed by atoms with Crippen molar-refractivity contribution in [1.82, 2.24) is 5.32 Å². The minimum Gasteiger partial charge on any atom is -0.396 e. The van der Waals surface area contributed by atoms with Crippen LogP contribution in [-0.4, -0.2) is 18.3 Å². The highest BCUT2D eigenvalue weighted by molar-refractivity contribution is 5.31. The van der Waals surface area contributed by atoms with E-state index in [4.69, 9.17) is 5.11 Å². The molecule has 2 heteroatoms. The summed E-state index contributed by atoms with van der Waals surface area (Å²) in [5, 5.41) is 12.8. The quantitative estimate of drug-likeness (QED) is 0.773. The van der Waals surface area contributed by atoms with Crippen molar-refractivity contribution in [3.05, 3.63) is 35.4 Å². The van der Waals surface area contributed by atoms with Gasteiger partial charge in [0.05, 0.1) is 0 Å². The normalized spacial score (nSPS) is 19.4. The van der Waals surface area contributed by atoms with E-state index in [1.54, 1.807) is 0 Å². The van der Waals surface area contributed by atoms with Gasteiger partial charge < -0.3 is 10.4 Å². The molecule has 112 valence electrons. The van der Waals surface area contributed by atoms with Gasteiger partial charge in [-0.25, -0.2) is 0 Å². The molecule has 0 aromatic heterocycles. The highest BCUT2D eigenvalue weighted by Gasteiger charge is 2.22. The maximum atomic E-state index is 8.99. The zero-order valence-corrected chi connectivity index (χ0v) is 13.0. The van der Waals surface area contributed by atoms with Gasteiger partial charge in [-0.15, -0.1) is 0 Å². The van der Waals surface area contributed by atoms with Crippen LogP contribution in [0.5, 0.6) is 0 Å². The summed E-state index contributed by atoms with van der Waals surface area (Å²) in [6.45, 7) is 5.90. The van der Waals surface area contributed by atoms with Crippen LogP contribution in [0.1, 0.15) is 63.1 Å². The smallest absolute Gasteiger partial charge is 0.0431 e. The van der Waals surface area contributed by atoms with Crippen LogP contribution >= 0.6 is 0 Å². The molecule has 1 aromatic carbocycles. The number of fused-ring (bicyclic) bond motifs is 1. The van der Waals surface area contributed by atoms with Crippen LogP contribution in [0, 0.1) is 5.41 Å². The van der Waals surface area contributed by atoms with Crippen LogP contribution in [0.3, 0.4) is 0 Å². The van der Waals surface area contributed by atoms with E-state index in [0.29, 0.717) is 12.6 Å². The van der Waals surface area contributed by atoms with Gasteiger partial charge in [-0.3, -0.25) is 0 Å². The van der Waals surface area contributed by atoms with Crippen molar-refractivity contribution in [2.75, 3.05) is 13.2 Å². The van der Waals surface area contributed by atoms with Crippen molar-refractivity contribution in [3.63, 3.8) is 0 Å². The Morgan fingerprint density at radius 3 is 2.85 bits per heavy atom. The molecular weight excluding hydrogens is 246 g/mol. The van der Waals surface area contributed by atoms with Crippen LogP contribution < -0.4 is 5.32 Å². The number of aliphatic hydroxyl groups excluding tert-OH is 1. The van der Waals surface area contributed by atoms with Gasteiger partial charge in [-0.2, -0.15) is 0 Å². The van der Waals surface area contributed by atoms with Gasteiger partial charge in [0.25, 0.3) is 0 Å². The first-order chi connectivity index (χ1) is 9.62. The fourth-order valence-corrected chi connectivity index (χ4v) is 3.18. The minimum absolute atomic E-state index is 0.254. The van der Waals surface area contributed by atoms with E-state index in [-0.39, 0.29) is 5.41 Å². The van der Waals surface area contributed by atoms with E-state index >= 15 is 0 Å². The van der Waals surface area contributed by atoms with Crippen molar-refractivity contribution in [3.8, 4) is 0 Å². The summed E-state index contributed by atoms with van der Waals surface area (Å²) in [5.41, 5.74) is 3.28. The van der Waals surface area contributed by atoms with Gasteiger partial charge >= 0.3 is 0 Å². The van der Waals surface area contributed by atoms with Gasteiger partial charge in [0, 0.05) is 19.2 Å². The third kappa shape index (κ3) is 4.32. The molecule has 1 unspecified atom stereocenters. The van der Waals surface area contributed by atoms with Crippen molar-refractivity contribution < 1.29 is 5.11 Å². The van der Waals surface area contributed by atoms with Crippen LogP contribution in [0.25, 0.3) is 0 Å².